The lowest BCUT2D eigenvalue weighted by Gasteiger charge is -2.35. The van der Waals surface area contributed by atoms with Crippen molar-refractivity contribution in [2.75, 3.05) is 19.6 Å². The summed E-state index contributed by atoms with van der Waals surface area (Å²) in [6.07, 6.45) is 0.966. The molecule has 2 nitrogen and oxygen atoms in total. The number of thioether (sulfide) groups is 1. The highest BCUT2D eigenvalue weighted by Crippen LogP contribution is 2.27. The highest BCUT2D eigenvalue weighted by Gasteiger charge is 2.22. The summed E-state index contributed by atoms with van der Waals surface area (Å²) >= 11 is 8.27. The van der Waals surface area contributed by atoms with E-state index in [2.05, 4.69) is 30.5 Å². The molecule has 3 unspecified atom stereocenters. The minimum atomic E-state index is 0.0360. The van der Waals surface area contributed by atoms with Gasteiger partial charge in [-0.3, -0.25) is 0 Å². The molecule has 0 bridgehead atoms. The van der Waals surface area contributed by atoms with Crippen LogP contribution in [0, 0.1) is 0 Å². The highest BCUT2D eigenvalue weighted by atomic mass is 35.5. The average molecular weight is 299 g/mol. The van der Waals surface area contributed by atoms with Crippen LogP contribution in [0.1, 0.15) is 31.9 Å². The Morgan fingerprint density at radius 1 is 1.32 bits per heavy atom. The quantitative estimate of drug-likeness (QED) is 0.921. The van der Waals surface area contributed by atoms with Gasteiger partial charge < -0.3 is 10.6 Å². The molecule has 1 fully saturated rings. The fourth-order valence-electron chi connectivity index (χ4n) is 2.72. The zero-order valence-electron chi connectivity index (χ0n) is 11.7. The number of hydrogen-bond donors (Lipinski definition) is 1. The van der Waals surface area contributed by atoms with Crippen LogP contribution < -0.4 is 5.73 Å². The molecule has 4 heteroatoms. The smallest absolute Gasteiger partial charge is 0.0453 e. The van der Waals surface area contributed by atoms with Gasteiger partial charge in [-0.2, -0.15) is 11.8 Å². The summed E-state index contributed by atoms with van der Waals surface area (Å²) in [4.78, 5) is 2.53. The van der Waals surface area contributed by atoms with Gasteiger partial charge in [0.2, 0.25) is 0 Å². The molecule has 0 aromatic heterocycles. The molecule has 1 saturated heterocycles. The highest BCUT2D eigenvalue weighted by molar-refractivity contribution is 8.00. The fourth-order valence-corrected chi connectivity index (χ4v) is 4.38. The van der Waals surface area contributed by atoms with E-state index in [-0.39, 0.29) is 6.04 Å². The van der Waals surface area contributed by atoms with E-state index in [1.165, 1.54) is 13.1 Å². The molecule has 1 aliphatic heterocycles. The summed E-state index contributed by atoms with van der Waals surface area (Å²) in [5.41, 5.74) is 7.33. The van der Waals surface area contributed by atoms with Crippen molar-refractivity contribution < 1.29 is 0 Å². The predicted octanol–water partition coefficient (Wildman–Crippen LogP) is 3.56. The van der Waals surface area contributed by atoms with Crippen LogP contribution in [0.5, 0.6) is 0 Å². The molecule has 0 aliphatic carbocycles. The van der Waals surface area contributed by atoms with Crippen molar-refractivity contribution in [3.8, 4) is 0 Å². The van der Waals surface area contributed by atoms with Crippen molar-refractivity contribution >= 4 is 23.4 Å². The Labute approximate surface area is 125 Å². The van der Waals surface area contributed by atoms with Gasteiger partial charge in [-0.25, -0.2) is 0 Å². The van der Waals surface area contributed by atoms with Crippen molar-refractivity contribution in [3.63, 3.8) is 0 Å². The van der Waals surface area contributed by atoms with Gasteiger partial charge in [0.25, 0.3) is 0 Å². The number of nitrogens with zero attached hydrogens (tertiary/aromatic N) is 1. The Morgan fingerprint density at radius 3 is 2.58 bits per heavy atom. The first-order valence-corrected chi connectivity index (χ1v) is 8.26. The maximum atomic E-state index is 6.27. The van der Waals surface area contributed by atoms with Crippen molar-refractivity contribution in [1.82, 2.24) is 4.90 Å². The summed E-state index contributed by atoms with van der Waals surface area (Å²) in [5.74, 6) is 0. The minimum absolute atomic E-state index is 0.0360. The van der Waals surface area contributed by atoms with Crippen LogP contribution in [0.2, 0.25) is 5.02 Å². The monoisotopic (exact) mass is 298 g/mol. The summed E-state index contributed by atoms with van der Waals surface area (Å²) in [6, 6.07) is 7.93. The Balaban J connectivity index is 1.87. The number of hydrogen-bond acceptors (Lipinski definition) is 3. The van der Waals surface area contributed by atoms with Crippen LogP contribution in [0.25, 0.3) is 0 Å². The molecule has 1 heterocycles. The van der Waals surface area contributed by atoms with E-state index in [0.717, 1.165) is 34.1 Å². The second-order valence-electron chi connectivity index (χ2n) is 5.43. The summed E-state index contributed by atoms with van der Waals surface area (Å²) in [6.45, 7) is 8.01. The third kappa shape index (κ3) is 4.38. The number of rotatable bonds is 4. The van der Waals surface area contributed by atoms with Gasteiger partial charge in [0.15, 0.2) is 0 Å². The molecule has 2 rings (SSSR count). The van der Waals surface area contributed by atoms with Crippen LogP contribution in [-0.4, -0.2) is 35.0 Å². The van der Waals surface area contributed by atoms with Crippen LogP contribution in [0.3, 0.4) is 0 Å². The van der Waals surface area contributed by atoms with E-state index in [0.29, 0.717) is 0 Å². The van der Waals surface area contributed by atoms with Gasteiger partial charge >= 0.3 is 0 Å². The topological polar surface area (TPSA) is 29.3 Å². The third-order valence-corrected chi connectivity index (χ3v) is 5.13. The normalized spacial score (nSPS) is 26.3. The average Bonchev–Trinajstić information content (AvgIpc) is 2.35. The number of benzene rings is 1. The first-order valence-electron chi connectivity index (χ1n) is 6.94. The molecule has 19 heavy (non-hydrogen) atoms. The summed E-state index contributed by atoms with van der Waals surface area (Å²) in [7, 11) is 0. The largest absolute Gasteiger partial charge is 0.324 e. The molecule has 0 saturated carbocycles. The van der Waals surface area contributed by atoms with E-state index in [1.807, 2.05) is 24.3 Å². The maximum absolute atomic E-state index is 6.27. The summed E-state index contributed by atoms with van der Waals surface area (Å²) < 4.78 is 0. The van der Waals surface area contributed by atoms with Gasteiger partial charge in [0.1, 0.15) is 0 Å². The summed E-state index contributed by atoms with van der Waals surface area (Å²) in [5, 5.41) is 2.23. The molecule has 2 N–H and O–H groups in total. The lowest BCUT2D eigenvalue weighted by atomic mass is 10.0. The second-order valence-corrected chi connectivity index (χ2v) is 7.72. The van der Waals surface area contributed by atoms with Gasteiger partial charge in [-0.1, -0.05) is 43.6 Å². The van der Waals surface area contributed by atoms with E-state index < -0.39 is 0 Å². The van der Waals surface area contributed by atoms with Gasteiger partial charge in [0.05, 0.1) is 0 Å². The van der Waals surface area contributed by atoms with Crippen molar-refractivity contribution in [3.05, 3.63) is 34.9 Å². The lowest BCUT2D eigenvalue weighted by molar-refractivity contribution is 0.260. The van der Waals surface area contributed by atoms with E-state index >= 15 is 0 Å². The Morgan fingerprint density at radius 2 is 1.95 bits per heavy atom. The molecule has 0 amide bonds. The first kappa shape index (κ1) is 15.2. The molecule has 3 atom stereocenters. The molecule has 0 radical (unpaired) electrons. The third-order valence-electron chi connectivity index (χ3n) is 3.56. The molecule has 0 spiro atoms. The molecular formula is C15H23ClN2S. The van der Waals surface area contributed by atoms with Gasteiger partial charge in [0, 0.05) is 41.2 Å². The number of nitrogens with two attached hydrogens (primary N) is 1. The standard InChI is InChI=1S/C15H23ClN2S/c1-11-9-18(10-12(2)19-11)8-7-15(17)13-5-3-4-6-14(13)16/h3-6,11-12,15H,7-10,17H2,1-2H3. The van der Waals surface area contributed by atoms with Crippen LogP contribution in [-0.2, 0) is 0 Å². The first-order chi connectivity index (χ1) is 9.06. The maximum Gasteiger partial charge on any atom is 0.0453 e. The van der Waals surface area contributed by atoms with Crippen LogP contribution in [0.4, 0.5) is 0 Å². The molecule has 1 aromatic rings. The van der Waals surface area contributed by atoms with Gasteiger partial charge in [-0.15, -0.1) is 0 Å². The Hall–Kier alpha value is -0.220. The van der Waals surface area contributed by atoms with Crippen LogP contribution in [0.15, 0.2) is 24.3 Å². The fraction of sp³-hybridized carbons (Fsp3) is 0.600. The van der Waals surface area contributed by atoms with E-state index in [9.17, 15) is 0 Å². The zero-order chi connectivity index (χ0) is 13.8. The van der Waals surface area contributed by atoms with Crippen molar-refractivity contribution in [1.29, 1.82) is 0 Å². The lowest BCUT2D eigenvalue weighted by Crippen LogP contribution is -2.41. The van der Waals surface area contributed by atoms with Crippen molar-refractivity contribution in [2.45, 2.75) is 36.8 Å². The number of halogens is 1. The molecule has 1 aliphatic rings. The second kappa shape index (κ2) is 6.98. The zero-order valence-corrected chi connectivity index (χ0v) is 13.3. The van der Waals surface area contributed by atoms with E-state index in [4.69, 9.17) is 17.3 Å². The predicted molar refractivity (Wildman–Crippen MR) is 86.0 cm³/mol. The van der Waals surface area contributed by atoms with Crippen molar-refractivity contribution in [2.24, 2.45) is 5.73 Å². The SMILES string of the molecule is CC1CN(CCC(N)c2ccccc2Cl)CC(C)S1. The minimum Gasteiger partial charge on any atom is -0.324 e. The molecule has 106 valence electrons. The Kier molecular flexibility index (Phi) is 5.58. The van der Waals surface area contributed by atoms with E-state index in [1.54, 1.807) is 0 Å². The van der Waals surface area contributed by atoms with Gasteiger partial charge in [-0.05, 0) is 18.1 Å². The Bertz CT molecular complexity index is 403. The molecular weight excluding hydrogens is 276 g/mol. The molecule has 1 aromatic carbocycles. The van der Waals surface area contributed by atoms with Crippen LogP contribution >= 0.6 is 23.4 Å².